The van der Waals surface area contributed by atoms with Crippen LogP contribution in [0.25, 0.3) is 27.5 Å². The standard InChI is InChI=1S/C34H24N2O2/c1-34-29-9-4-10-30(34)32(37)36(27-16-15-22-6-2-3-7-25(22)20-27)33(38)31(34)18-17-28(29)24-13-11-23(12-14-24)26-8-5-19-35-21-26/h2-21,30H,1H3. The average molecular weight is 493 g/mol. The quantitative estimate of drug-likeness (QED) is 0.292. The lowest BCUT2D eigenvalue weighted by Gasteiger charge is -2.49. The fourth-order valence-corrected chi connectivity index (χ4v) is 6.08. The zero-order valence-electron chi connectivity index (χ0n) is 20.8. The molecular weight excluding hydrogens is 468 g/mol. The van der Waals surface area contributed by atoms with E-state index in [0.29, 0.717) is 11.3 Å². The number of amides is 2. The van der Waals surface area contributed by atoms with Crippen molar-refractivity contribution in [2.45, 2.75) is 6.92 Å². The lowest BCUT2D eigenvalue weighted by molar-refractivity contribution is -0.131. The van der Waals surface area contributed by atoms with Crippen molar-refractivity contribution in [2.24, 2.45) is 11.3 Å². The van der Waals surface area contributed by atoms with Gasteiger partial charge in [-0.25, -0.2) is 4.90 Å². The summed E-state index contributed by atoms with van der Waals surface area (Å²) in [4.78, 5) is 33.5. The fraction of sp³-hybridized carbons (Fsp3) is 0.0882. The lowest BCUT2D eigenvalue weighted by atomic mass is 9.57. The van der Waals surface area contributed by atoms with Crippen LogP contribution in [0.15, 0.2) is 133 Å². The Kier molecular flexibility index (Phi) is 4.92. The minimum Gasteiger partial charge on any atom is -0.273 e. The van der Waals surface area contributed by atoms with Gasteiger partial charge in [-0.15, -0.1) is 0 Å². The van der Waals surface area contributed by atoms with Gasteiger partial charge in [-0.05, 0) is 56.8 Å². The van der Waals surface area contributed by atoms with Crippen LogP contribution in [-0.4, -0.2) is 16.8 Å². The third kappa shape index (κ3) is 3.20. The summed E-state index contributed by atoms with van der Waals surface area (Å²) in [5, 5.41) is 2.06. The number of benzene rings is 3. The smallest absolute Gasteiger partial charge is 0.261 e. The van der Waals surface area contributed by atoms with Crippen LogP contribution in [0.1, 0.15) is 12.5 Å². The molecule has 38 heavy (non-hydrogen) atoms. The predicted octanol–water partition coefficient (Wildman–Crippen LogP) is 6.92. The van der Waals surface area contributed by atoms with E-state index in [1.165, 1.54) is 4.90 Å². The van der Waals surface area contributed by atoms with Crippen LogP contribution in [0, 0.1) is 11.3 Å². The summed E-state index contributed by atoms with van der Waals surface area (Å²) in [5.41, 5.74) is 5.73. The molecule has 1 fully saturated rings. The largest absolute Gasteiger partial charge is 0.273 e. The van der Waals surface area contributed by atoms with E-state index in [1.54, 1.807) is 6.20 Å². The van der Waals surface area contributed by atoms with Crippen LogP contribution in [0.3, 0.4) is 0 Å². The number of allylic oxidation sites excluding steroid dienone is 6. The third-order valence-corrected chi connectivity index (χ3v) is 8.12. The molecule has 0 bridgehead atoms. The van der Waals surface area contributed by atoms with Crippen LogP contribution in [-0.2, 0) is 9.59 Å². The maximum Gasteiger partial charge on any atom is 0.261 e. The summed E-state index contributed by atoms with van der Waals surface area (Å²) < 4.78 is 0. The van der Waals surface area contributed by atoms with E-state index in [0.717, 1.165) is 38.6 Å². The number of imide groups is 1. The van der Waals surface area contributed by atoms with Crippen molar-refractivity contribution in [1.29, 1.82) is 0 Å². The minimum atomic E-state index is -0.734. The first-order valence-electron chi connectivity index (χ1n) is 12.8. The van der Waals surface area contributed by atoms with Crippen LogP contribution in [0.2, 0.25) is 0 Å². The number of rotatable bonds is 3. The number of aromatic nitrogens is 1. The Bertz CT molecular complexity index is 1760. The van der Waals surface area contributed by atoms with Gasteiger partial charge in [-0.1, -0.05) is 98.0 Å². The molecule has 2 aliphatic carbocycles. The van der Waals surface area contributed by atoms with E-state index >= 15 is 0 Å². The molecule has 3 aliphatic rings. The molecule has 182 valence electrons. The summed E-state index contributed by atoms with van der Waals surface area (Å²) in [6.45, 7) is 2.03. The number of carbonyl (C=O) groups is 2. The topological polar surface area (TPSA) is 50.3 Å². The number of nitrogens with zero attached hydrogens (tertiary/aromatic N) is 2. The Balaban J connectivity index is 1.31. The Hall–Kier alpha value is -4.83. The molecule has 0 spiro atoms. The number of fused-ring (bicyclic) bond motifs is 1. The van der Waals surface area contributed by atoms with Crippen molar-refractivity contribution >= 4 is 33.8 Å². The van der Waals surface area contributed by atoms with Crippen molar-refractivity contribution in [1.82, 2.24) is 4.98 Å². The van der Waals surface area contributed by atoms with Crippen molar-refractivity contribution in [3.8, 4) is 11.1 Å². The Morgan fingerprint density at radius 2 is 1.55 bits per heavy atom. The zero-order valence-corrected chi connectivity index (χ0v) is 20.8. The Morgan fingerprint density at radius 1 is 0.763 bits per heavy atom. The molecule has 4 nitrogen and oxygen atoms in total. The molecule has 3 aromatic carbocycles. The van der Waals surface area contributed by atoms with Crippen molar-refractivity contribution in [3.05, 3.63) is 138 Å². The highest BCUT2D eigenvalue weighted by atomic mass is 16.2. The molecule has 2 heterocycles. The Labute approximate surface area is 220 Å². The fourth-order valence-electron chi connectivity index (χ4n) is 6.08. The van der Waals surface area contributed by atoms with Gasteiger partial charge in [0.2, 0.25) is 5.91 Å². The second-order valence-corrected chi connectivity index (χ2v) is 10.1. The first-order valence-corrected chi connectivity index (χ1v) is 12.8. The third-order valence-electron chi connectivity index (χ3n) is 8.12. The summed E-state index contributed by atoms with van der Waals surface area (Å²) >= 11 is 0. The van der Waals surface area contributed by atoms with Gasteiger partial charge >= 0.3 is 0 Å². The zero-order chi connectivity index (χ0) is 25.9. The maximum atomic E-state index is 14.0. The monoisotopic (exact) mass is 492 g/mol. The van der Waals surface area contributed by atoms with Gasteiger partial charge in [0.25, 0.3) is 5.91 Å². The molecule has 1 saturated heterocycles. The molecule has 2 atom stereocenters. The van der Waals surface area contributed by atoms with E-state index in [9.17, 15) is 9.59 Å². The lowest BCUT2D eigenvalue weighted by Crippen LogP contribution is -2.56. The highest BCUT2D eigenvalue weighted by Crippen LogP contribution is 2.56. The Morgan fingerprint density at radius 3 is 2.34 bits per heavy atom. The molecular formula is C34H24N2O2. The normalized spacial score (nSPS) is 22.1. The highest BCUT2D eigenvalue weighted by Gasteiger charge is 2.55. The van der Waals surface area contributed by atoms with Crippen LogP contribution < -0.4 is 4.90 Å². The number of hydrogen-bond donors (Lipinski definition) is 0. The minimum absolute atomic E-state index is 0.194. The van der Waals surface area contributed by atoms with E-state index in [-0.39, 0.29) is 11.8 Å². The number of carbonyl (C=O) groups excluding carboxylic acids is 2. The van der Waals surface area contributed by atoms with E-state index < -0.39 is 11.3 Å². The van der Waals surface area contributed by atoms with E-state index in [2.05, 4.69) is 35.3 Å². The second-order valence-electron chi connectivity index (χ2n) is 10.1. The summed E-state index contributed by atoms with van der Waals surface area (Å²) in [6.07, 6.45) is 13.5. The molecule has 1 aliphatic heterocycles. The molecule has 4 aromatic rings. The van der Waals surface area contributed by atoms with Gasteiger partial charge in [0.15, 0.2) is 0 Å². The maximum absolute atomic E-state index is 14.0. The van der Waals surface area contributed by atoms with Gasteiger partial charge in [-0.3, -0.25) is 14.6 Å². The number of hydrogen-bond acceptors (Lipinski definition) is 3. The average Bonchev–Trinajstić information content (AvgIpc) is 2.96. The van der Waals surface area contributed by atoms with Crippen LogP contribution in [0.5, 0.6) is 0 Å². The van der Waals surface area contributed by atoms with Crippen molar-refractivity contribution < 1.29 is 9.59 Å². The first kappa shape index (κ1) is 22.4. The molecule has 7 rings (SSSR count). The van der Waals surface area contributed by atoms with Gasteiger partial charge < -0.3 is 0 Å². The number of pyridine rings is 1. The molecule has 4 heteroatoms. The summed E-state index contributed by atoms with van der Waals surface area (Å²) in [7, 11) is 0. The SMILES string of the molecule is CC12C3=CC=C(c4ccc(-c5cccnc5)cc4)C1=CC=CC2C(=O)N(c1ccc2ccccc2c1)C3=O. The number of anilines is 1. The van der Waals surface area contributed by atoms with Crippen molar-refractivity contribution in [3.63, 3.8) is 0 Å². The predicted molar refractivity (Wildman–Crippen MR) is 151 cm³/mol. The van der Waals surface area contributed by atoms with Crippen LogP contribution >= 0.6 is 0 Å². The molecule has 0 saturated carbocycles. The van der Waals surface area contributed by atoms with Gasteiger partial charge in [0, 0.05) is 23.4 Å². The molecule has 0 N–H and O–H groups in total. The summed E-state index contributed by atoms with van der Waals surface area (Å²) in [5.74, 6) is -0.927. The van der Waals surface area contributed by atoms with Gasteiger partial charge in [-0.2, -0.15) is 0 Å². The van der Waals surface area contributed by atoms with Gasteiger partial charge in [0.05, 0.1) is 11.6 Å². The van der Waals surface area contributed by atoms with Crippen molar-refractivity contribution in [2.75, 3.05) is 4.90 Å². The molecule has 2 unspecified atom stereocenters. The van der Waals surface area contributed by atoms with Crippen LogP contribution in [0.4, 0.5) is 5.69 Å². The van der Waals surface area contributed by atoms with E-state index in [1.807, 2.05) is 92.0 Å². The molecule has 1 aromatic heterocycles. The molecule has 2 amide bonds. The van der Waals surface area contributed by atoms with Gasteiger partial charge in [0.1, 0.15) is 0 Å². The summed E-state index contributed by atoms with van der Waals surface area (Å²) in [6, 6.07) is 26.0. The molecule has 0 radical (unpaired) electrons. The van der Waals surface area contributed by atoms with E-state index in [4.69, 9.17) is 0 Å². The highest BCUT2D eigenvalue weighted by molar-refractivity contribution is 6.27. The second kappa shape index (κ2) is 8.35. The first-order chi connectivity index (χ1) is 18.6. The number of piperidine rings is 1.